The van der Waals surface area contributed by atoms with Gasteiger partial charge in [0, 0.05) is 16.8 Å². The van der Waals surface area contributed by atoms with E-state index in [0.717, 1.165) is 16.4 Å². The number of hydrogen-bond acceptors (Lipinski definition) is 4. The molecule has 96 valence electrons. The number of aryl methyl sites for hydroxylation is 3. The number of aromatic nitrogens is 3. The van der Waals surface area contributed by atoms with E-state index in [9.17, 15) is 4.79 Å². The number of amides is 1. The van der Waals surface area contributed by atoms with Crippen molar-refractivity contribution < 1.29 is 4.79 Å². The van der Waals surface area contributed by atoms with Gasteiger partial charge in [0.05, 0.1) is 17.3 Å². The molecule has 0 aromatic carbocycles. The molecule has 0 aliphatic rings. The first-order valence-electron chi connectivity index (χ1n) is 5.73. The molecule has 6 heteroatoms. The van der Waals surface area contributed by atoms with Crippen molar-refractivity contribution in [3.8, 4) is 0 Å². The van der Waals surface area contributed by atoms with Crippen molar-refractivity contribution in [1.29, 1.82) is 0 Å². The Morgan fingerprint density at radius 2 is 2.17 bits per heavy atom. The highest BCUT2D eigenvalue weighted by molar-refractivity contribution is 7.09. The van der Waals surface area contributed by atoms with Gasteiger partial charge in [0.25, 0.3) is 5.91 Å². The molecule has 0 bridgehead atoms. The smallest absolute Gasteiger partial charge is 0.255 e. The van der Waals surface area contributed by atoms with Gasteiger partial charge in [-0.25, -0.2) is 4.98 Å². The number of hydrogen-bond donors (Lipinski definition) is 2. The van der Waals surface area contributed by atoms with E-state index in [2.05, 4.69) is 20.5 Å². The lowest BCUT2D eigenvalue weighted by Gasteiger charge is -2.11. The summed E-state index contributed by atoms with van der Waals surface area (Å²) >= 11 is 1.56. The maximum atomic E-state index is 12.1. The number of carbonyl (C=O) groups excluding carboxylic acids is 1. The third kappa shape index (κ3) is 2.43. The normalized spacial score (nSPS) is 12.4. The van der Waals surface area contributed by atoms with Gasteiger partial charge >= 0.3 is 0 Å². The number of aromatic amines is 1. The van der Waals surface area contributed by atoms with E-state index in [4.69, 9.17) is 0 Å². The fraction of sp³-hybridized carbons (Fsp3) is 0.417. The molecule has 1 amide bonds. The zero-order valence-electron chi connectivity index (χ0n) is 10.9. The molecule has 18 heavy (non-hydrogen) atoms. The van der Waals surface area contributed by atoms with Gasteiger partial charge in [-0.3, -0.25) is 9.89 Å². The van der Waals surface area contributed by atoms with Gasteiger partial charge in [-0.1, -0.05) is 0 Å². The van der Waals surface area contributed by atoms with E-state index in [0.29, 0.717) is 11.3 Å². The van der Waals surface area contributed by atoms with Crippen LogP contribution in [0.5, 0.6) is 0 Å². The lowest BCUT2D eigenvalue weighted by Crippen LogP contribution is -2.27. The van der Waals surface area contributed by atoms with Crippen LogP contribution < -0.4 is 5.32 Å². The first kappa shape index (κ1) is 12.8. The van der Waals surface area contributed by atoms with Crippen LogP contribution in [-0.2, 0) is 0 Å². The molecular weight excluding hydrogens is 248 g/mol. The van der Waals surface area contributed by atoms with E-state index in [1.54, 1.807) is 11.3 Å². The van der Waals surface area contributed by atoms with E-state index in [1.165, 1.54) is 0 Å². The van der Waals surface area contributed by atoms with Crippen molar-refractivity contribution in [2.45, 2.75) is 33.7 Å². The van der Waals surface area contributed by atoms with Crippen molar-refractivity contribution in [1.82, 2.24) is 20.5 Å². The Morgan fingerprint density at radius 3 is 2.67 bits per heavy atom. The monoisotopic (exact) mass is 264 g/mol. The molecule has 2 heterocycles. The molecule has 0 fully saturated rings. The fourth-order valence-corrected chi connectivity index (χ4v) is 2.59. The Kier molecular flexibility index (Phi) is 3.47. The molecule has 0 aliphatic carbocycles. The van der Waals surface area contributed by atoms with Crippen LogP contribution in [0.25, 0.3) is 0 Å². The second-order valence-corrected chi connectivity index (χ2v) is 5.22. The second kappa shape index (κ2) is 4.89. The number of nitrogens with zero attached hydrogens (tertiary/aromatic N) is 2. The van der Waals surface area contributed by atoms with E-state index < -0.39 is 0 Å². The van der Waals surface area contributed by atoms with Crippen molar-refractivity contribution in [3.05, 3.63) is 33.0 Å². The van der Waals surface area contributed by atoms with Crippen LogP contribution in [0.2, 0.25) is 0 Å². The molecule has 2 N–H and O–H groups in total. The van der Waals surface area contributed by atoms with Crippen molar-refractivity contribution >= 4 is 17.2 Å². The van der Waals surface area contributed by atoms with Gasteiger partial charge < -0.3 is 5.32 Å². The van der Waals surface area contributed by atoms with Crippen molar-refractivity contribution in [2.24, 2.45) is 0 Å². The molecule has 5 nitrogen and oxygen atoms in total. The SMILES string of the molecule is Cc1csc(C(C)NC(=O)c2c(C)n[nH]c2C)n1. The average Bonchev–Trinajstić information content (AvgIpc) is 2.85. The summed E-state index contributed by atoms with van der Waals surface area (Å²) in [6.07, 6.45) is 0. The predicted octanol–water partition coefficient (Wildman–Crippen LogP) is 2.28. The van der Waals surface area contributed by atoms with Gasteiger partial charge in [-0.05, 0) is 27.7 Å². The summed E-state index contributed by atoms with van der Waals surface area (Å²) in [6.45, 7) is 7.53. The lowest BCUT2D eigenvalue weighted by atomic mass is 10.2. The van der Waals surface area contributed by atoms with Crippen LogP contribution in [0.3, 0.4) is 0 Å². The highest BCUT2D eigenvalue weighted by atomic mass is 32.1. The third-order valence-corrected chi connectivity index (χ3v) is 3.86. The van der Waals surface area contributed by atoms with Crippen molar-refractivity contribution in [3.63, 3.8) is 0 Å². The molecule has 0 radical (unpaired) electrons. The van der Waals surface area contributed by atoms with Gasteiger partial charge in [-0.2, -0.15) is 5.10 Å². The summed E-state index contributed by atoms with van der Waals surface area (Å²) in [5.74, 6) is -0.112. The number of H-pyrrole nitrogens is 1. The van der Waals surface area contributed by atoms with Crippen LogP contribution in [0.1, 0.15) is 45.4 Å². The van der Waals surface area contributed by atoms with E-state index >= 15 is 0 Å². The second-order valence-electron chi connectivity index (χ2n) is 4.33. The van der Waals surface area contributed by atoms with Gasteiger partial charge in [0.15, 0.2) is 0 Å². The van der Waals surface area contributed by atoms with E-state index in [1.807, 2.05) is 33.1 Å². The molecule has 0 spiro atoms. The Labute approximate surface area is 110 Å². The van der Waals surface area contributed by atoms with E-state index in [-0.39, 0.29) is 11.9 Å². The first-order chi connectivity index (χ1) is 8.49. The average molecular weight is 264 g/mol. The van der Waals surface area contributed by atoms with Crippen LogP contribution >= 0.6 is 11.3 Å². The van der Waals surface area contributed by atoms with Gasteiger partial charge in [-0.15, -0.1) is 11.3 Å². The fourth-order valence-electron chi connectivity index (χ4n) is 1.79. The van der Waals surface area contributed by atoms with Crippen LogP contribution in [0.15, 0.2) is 5.38 Å². The van der Waals surface area contributed by atoms with Crippen LogP contribution in [0.4, 0.5) is 0 Å². The molecule has 2 aromatic rings. The molecule has 2 aromatic heterocycles. The molecule has 1 atom stereocenters. The first-order valence-corrected chi connectivity index (χ1v) is 6.61. The molecular formula is C12H16N4OS. The van der Waals surface area contributed by atoms with Crippen LogP contribution in [-0.4, -0.2) is 21.1 Å². The Balaban J connectivity index is 2.13. The predicted molar refractivity (Wildman–Crippen MR) is 70.8 cm³/mol. The van der Waals surface area contributed by atoms with Gasteiger partial charge in [0.2, 0.25) is 0 Å². The van der Waals surface area contributed by atoms with Crippen LogP contribution in [0, 0.1) is 20.8 Å². The quantitative estimate of drug-likeness (QED) is 0.893. The minimum atomic E-state index is -0.112. The minimum absolute atomic E-state index is 0.0927. The Hall–Kier alpha value is -1.69. The summed E-state index contributed by atoms with van der Waals surface area (Å²) < 4.78 is 0. The van der Waals surface area contributed by atoms with Crippen molar-refractivity contribution in [2.75, 3.05) is 0 Å². The zero-order chi connectivity index (χ0) is 13.3. The number of thiazole rings is 1. The Morgan fingerprint density at radius 1 is 1.44 bits per heavy atom. The highest BCUT2D eigenvalue weighted by Gasteiger charge is 2.18. The maximum Gasteiger partial charge on any atom is 0.255 e. The molecule has 0 saturated heterocycles. The maximum absolute atomic E-state index is 12.1. The third-order valence-electron chi connectivity index (χ3n) is 2.71. The topological polar surface area (TPSA) is 70.7 Å². The lowest BCUT2D eigenvalue weighted by molar-refractivity contribution is 0.0938. The Bertz CT molecular complexity index is 553. The molecule has 0 aliphatic heterocycles. The minimum Gasteiger partial charge on any atom is -0.343 e. The summed E-state index contributed by atoms with van der Waals surface area (Å²) in [7, 11) is 0. The largest absolute Gasteiger partial charge is 0.343 e. The summed E-state index contributed by atoms with van der Waals surface area (Å²) in [6, 6.07) is -0.0927. The molecule has 1 unspecified atom stereocenters. The molecule has 2 rings (SSSR count). The summed E-state index contributed by atoms with van der Waals surface area (Å²) in [5.41, 5.74) is 3.10. The summed E-state index contributed by atoms with van der Waals surface area (Å²) in [4.78, 5) is 16.5. The summed E-state index contributed by atoms with van der Waals surface area (Å²) in [5, 5.41) is 12.7. The zero-order valence-corrected chi connectivity index (χ0v) is 11.7. The highest BCUT2D eigenvalue weighted by Crippen LogP contribution is 2.18. The standard InChI is InChI=1S/C12H16N4OS/c1-6-5-18-12(13-6)9(4)14-11(17)10-7(2)15-16-8(10)3/h5,9H,1-4H3,(H,14,17)(H,15,16). The number of rotatable bonds is 3. The van der Waals surface area contributed by atoms with Gasteiger partial charge in [0.1, 0.15) is 5.01 Å². The number of carbonyl (C=O) groups is 1. The molecule has 0 saturated carbocycles. The number of nitrogens with one attached hydrogen (secondary N) is 2.